The summed E-state index contributed by atoms with van der Waals surface area (Å²) in [6, 6.07) is 0. The van der Waals surface area contributed by atoms with Crippen LogP contribution >= 0.6 is 0 Å². The van der Waals surface area contributed by atoms with Crippen molar-refractivity contribution in [1.82, 2.24) is 5.32 Å². The predicted molar refractivity (Wildman–Crippen MR) is 49.2 cm³/mol. The van der Waals surface area contributed by atoms with Crippen LogP contribution in [0.4, 0.5) is 8.78 Å². The lowest BCUT2D eigenvalue weighted by molar-refractivity contribution is -0.0261. The van der Waals surface area contributed by atoms with Gasteiger partial charge in [-0.15, -0.1) is 0 Å². The second kappa shape index (κ2) is 8.38. The van der Waals surface area contributed by atoms with E-state index in [1.807, 2.05) is 13.8 Å². The number of nitrogens with one attached hydrogen (secondary N) is 1. The largest absolute Gasteiger partial charge is 0.371 e. The van der Waals surface area contributed by atoms with Gasteiger partial charge in [-0.3, -0.25) is 0 Å². The third-order valence-electron chi connectivity index (χ3n) is 1.69. The summed E-state index contributed by atoms with van der Waals surface area (Å²) in [7, 11) is 0. The van der Waals surface area contributed by atoms with Crippen molar-refractivity contribution in [2.24, 2.45) is 0 Å². The van der Waals surface area contributed by atoms with Crippen LogP contribution in [-0.4, -0.2) is 32.2 Å². The molecule has 13 heavy (non-hydrogen) atoms. The van der Waals surface area contributed by atoms with Crippen molar-refractivity contribution in [3.8, 4) is 0 Å². The fourth-order valence-electron chi connectivity index (χ4n) is 1.08. The second-order valence-electron chi connectivity index (χ2n) is 2.94. The highest BCUT2D eigenvalue weighted by atomic mass is 19.3. The zero-order valence-corrected chi connectivity index (χ0v) is 8.35. The Balaban J connectivity index is 3.53. The number of ether oxygens (including phenoxy) is 1. The van der Waals surface area contributed by atoms with E-state index in [9.17, 15) is 8.78 Å². The highest BCUT2D eigenvalue weighted by Gasteiger charge is 2.10. The van der Waals surface area contributed by atoms with Crippen molar-refractivity contribution in [2.45, 2.75) is 39.2 Å². The Morgan fingerprint density at radius 3 is 2.46 bits per heavy atom. The molecule has 0 heterocycles. The maximum absolute atomic E-state index is 11.8. The lowest BCUT2D eigenvalue weighted by Crippen LogP contribution is -2.30. The maximum atomic E-state index is 11.8. The molecule has 0 amide bonds. The monoisotopic (exact) mass is 195 g/mol. The van der Waals surface area contributed by atoms with E-state index in [-0.39, 0.29) is 6.10 Å². The number of halogens is 2. The fourth-order valence-corrected chi connectivity index (χ4v) is 1.08. The van der Waals surface area contributed by atoms with Gasteiger partial charge in [0.25, 0.3) is 6.43 Å². The summed E-state index contributed by atoms with van der Waals surface area (Å²) >= 11 is 0. The third kappa shape index (κ3) is 8.12. The molecule has 4 heteroatoms. The van der Waals surface area contributed by atoms with Crippen molar-refractivity contribution in [3.63, 3.8) is 0 Å². The van der Waals surface area contributed by atoms with E-state index in [0.29, 0.717) is 6.54 Å². The Labute approximate surface area is 78.7 Å². The Kier molecular flexibility index (Phi) is 8.24. The smallest absolute Gasteiger partial charge is 0.261 e. The highest BCUT2D eigenvalue weighted by Crippen LogP contribution is 2.03. The van der Waals surface area contributed by atoms with Gasteiger partial charge in [0.1, 0.15) is 6.61 Å². The number of hydrogen-bond acceptors (Lipinski definition) is 2. The average Bonchev–Trinajstić information content (AvgIpc) is 2.09. The summed E-state index contributed by atoms with van der Waals surface area (Å²) in [5, 5.41) is 3.09. The van der Waals surface area contributed by atoms with Crippen molar-refractivity contribution in [2.75, 3.05) is 19.7 Å². The summed E-state index contributed by atoms with van der Waals surface area (Å²) < 4.78 is 28.7. The summed E-state index contributed by atoms with van der Waals surface area (Å²) in [5.74, 6) is 0. The van der Waals surface area contributed by atoms with Crippen LogP contribution in [0.1, 0.15) is 26.7 Å². The molecular formula is C9H19F2NO. The minimum atomic E-state index is -2.36. The molecule has 0 aliphatic carbocycles. The molecule has 0 aromatic rings. The molecule has 0 saturated heterocycles. The van der Waals surface area contributed by atoms with Gasteiger partial charge in [0.2, 0.25) is 0 Å². The quantitative estimate of drug-likeness (QED) is 0.640. The first-order valence-corrected chi connectivity index (χ1v) is 4.81. The molecule has 0 bridgehead atoms. The number of rotatable bonds is 8. The van der Waals surface area contributed by atoms with Crippen molar-refractivity contribution < 1.29 is 13.5 Å². The van der Waals surface area contributed by atoms with Gasteiger partial charge in [-0.05, 0) is 13.0 Å². The van der Waals surface area contributed by atoms with Gasteiger partial charge in [-0.2, -0.15) is 0 Å². The molecule has 0 aromatic heterocycles. The van der Waals surface area contributed by atoms with Crippen LogP contribution in [0, 0.1) is 0 Å². The normalized spacial score (nSPS) is 13.6. The number of hydrogen-bond donors (Lipinski definition) is 1. The first-order chi connectivity index (χ1) is 6.20. The maximum Gasteiger partial charge on any atom is 0.261 e. The number of likely N-dealkylation sites (N-methyl/N-ethyl adjacent to an activating group) is 1. The number of alkyl halides is 2. The molecule has 0 fully saturated rings. The second-order valence-corrected chi connectivity index (χ2v) is 2.94. The summed E-state index contributed by atoms with van der Waals surface area (Å²) in [5.41, 5.74) is 0. The minimum Gasteiger partial charge on any atom is -0.371 e. The molecular weight excluding hydrogens is 176 g/mol. The lowest BCUT2D eigenvalue weighted by atomic mass is 10.2. The third-order valence-corrected chi connectivity index (χ3v) is 1.69. The lowest BCUT2D eigenvalue weighted by Gasteiger charge is -2.17. The SMILES string of the molecule is CCCC(CNCC)OCC(F)F. The zero-order valence-electron chi connectivity index (χ0n) is 8.35. The molecule has 0 aliphatic heterocycles. The average molecular weight is 195 g/mol. The predicted octanol–water partition coefficient (Wildman–Crippen LogP) is 2.05. The zero-order chi connectivity index (χ0) is 10.1. The summed E-state index contributed by atoms with van der Waals surface area (Å²) in [4.78, 5) is 0. The first kappa shape index (κ1) is 12.8. The van der Waals surface area contributed by atoms with Gasteiger partial charge in [-0.25, -0.2) is 8.78 Å². The van der Waals surface area contributed by atoms with E-state index >= 15 is 0 Å². The van der Waals surface area contributed by atoms with Crippen molar-refractivity contribution in [3.05, 3.63) is 0 Å². The molecule has 0 aliphatic rings. The molecule has 1 unspecified atom stereocenters. The van der Waals surface area contributed by atoms with Crippen LogP contribution in [0.2, 0.25) is 0 Å². The van der Waals surface area contributed by atoms with Crippen LogP contribution in [-0.2, 0) is 4.74 Å². The molecule has 0 saturated carbocycles. The molecule has 0 aromatic carbocycles. The van der Waals surface area contributed by atoms with Crippen LogP contribution in [0.25, 0.3) is 0 Å². The molecule has 0 radical (unpaired) electrons. The van der Waals surface area contributed by atoms with Crippen molar-refractivity contribution in [1.29, 1.82) is 0 Å². The van der Waals surface area contributed by atoms with Crippen LogP contribution in [0.15, 0.2) is 0 Å². The highest BCUT2D eigenvalue weighted by molar-refractivity contribution is 4.60. The summed E-state index contributed by atoms with van der Waals surface area (Å²) in [6.07, 6.45) is -0.640. The van der Waals surface area contributed by atoms with Crippen molar-refractivity contribution >= 4 is 0 Å². The van der Waals surface area contributed by atoms with E-state index in [0.717, 1.165) is 19.4 Å². The Morgan fingerprint density at radius 2 is 2.00 bits per heavy atom. The Bertz CT molecular complexity index is 112. The van der Waals surface area contributed by atoms with E-state index in [1.54, 1.807) is 0 Å². The first-order valence-electron chi connectivity index (χ1n) is 4.81. The standard InChI is InChI=1S/C9H19F2NO/c1-3-5-8(6-12-4-2)13-7-9(10)11/h8-9,12H,3-7H2,1-2H3. The molecule has 80 valence electrons. The van der Waals surface area contributed by atoms with Gasteiger partial charge in [-0.1, -0.05) is 20.3 Å². The van der Waals surface area contributed by atoms with Gasteiger partial charge < -0.3 is 10.1 Å². The van der Waals surface area contributed by atoms with E-state index in [2.05, 4.69) is 5.32 Å². The van der Waals surface area contributed by atoms with Gasteiger partial charge in [0, 0.05) is 6.54 Å². The molecule has 1 N–H and O–H groups in total. The molecule has 2 nitrogen and oxygen atoms in total. The van der Waals surface area contributed by atoms with E-state index < -0.39 is 13.0 Å². The van der Waals surface area contributed by atoms with Crippen LogP contribution in [0.3, 0.4) is 0 Å². The van der Waals surface area contributed by atoms with E-state index in [1.165, 1.54) is 0 Å². The van der Waals surface area contributed by atoms with Gasteiger partial charge >= 0.3 is 0 Å². The Hall–Kier alpha value is -0.220. The van der Waals surface area contributed by atoms with Crippen LogP contribution in [0.5, 0.6) is 0 Å². The summed E-state index contributed by atoms with van der Waals surface area (Å²) in [6.45, 7) is 5.06. The molecule has 0 rings (SSSR count). The van der Waals surface area contributed by atoms with Gasteiger partial charge in [0.15, 0.2) is 0 Å². The fraction of sp³-hybridized carbons (Fsp3) is 1.00. The Morgan fingerprint density at radius 1 is 1.31 bits per heavy atom. The van der Waals surface area contributed by atoms with Gasteiger partial charge in [0.05, 0.1) is 6.10 Å². The van der Waals surface area contributed by atoms with Crippen LogP contribution < -0.4 is 5.32 Å². The topological polar surface area (TPSA) is 21.3 Å². The molecule has 0 spiro atoms. The minimum absolute atomic E-state index is 0.0704. The molecule has 1 atom stereocenters. The van der Waals surface area contributed by atoms with E-state index in [4.69, 9.17) is 4.74 Å².